The van der Waals surface area contributed by atoms with Crippen LogP contribution in [0.4, 0.5) is 0 Å². The van der Waals surface area contributed by atoms with Crippen molar-refractivity contribution in [2.45, 2.75) is 58.5 Å². The van der Waals surface area contributed by atoms with Crippen LogP contribution in [-0.4, -0.2) is 25.8 Å². The van der Waals surface area contributed by atoms with E-state index in [9.17, 15) is 10.1 Å². The molecule has 38 heavy (non-hydrogen) atoms. The first-order valence-corrected chi connectivity index (χ1v) is 13.3. The van der Waals surface area contributed by atoms with Crippen molar-refractivity contribution < 1.29 is 23.7 Å². The third kappa shape index (κ3) is 9.48. The summed E-state index contributed by atoms with van der Waals surface area (Å²) in [5.41, 5.74) is 3.24. The maximum atomic E-state index is 11.4. The van der Waals surface area contributed by atoms with Gasteiger partial charge in [-0.3, -0.25) is 0 Å². The lowest BCUT2D eigenvalue weighted by atomic mass is 9.94. The second kappa shape index (κ2) is 16.0. The van der Waals surface area contributed by atoms with Gasteiger partial charge >= 0.3 is 5.97 Å². The van der Waals surface area contributed by atoms with Crippen molar-refractivity contribution in [1.82, 2.24) is 0 Å². The molecule has 3 aromatic carbocycles. The number of nitrogens with zero attached hydrogens (tertiary/aromatic N) is 1. The summed E-state index contributed by atoms with van der Waals surface area (Å²) in [5.74, 6) is 1.68. The van der Waals surface area contributed by atoms with Crippen LogP contribution in [0.15, 0.2) is 72.8 Å². The Morgan fingerprint density at radius 2 is 1.63 bits per heavy atom. The van der Waals surface area contributed by atoms with E-state index in [-0.39, 0.29) is 12.5 Å². The van der Waals surface area contributed by atoms with Gasteiger partial charge in [0.15, 0.2) is 6.61 Å². The molecule has 6 heteroatoms. The van der Waals surface area contributed by atoms with Gasteiger partial charge in [0.05, 0.1) is 25.2 Å². The molecule has 0 aliphatic carbocycles. The van der Waals surface area contributed by atoms with Gasteiger partial charge in [0.2, 0.25) is 0 Å². The van der Waals surface area contributed by atoms with Crippen molar-refractivity contribution in [3.05, 3.63) is 89.5 Å². The smallest absolute Gasteiger partial charge is 0.344 e. The molecule has 0 N–H and O–H groups in total. The molecule has 3 aromatic rings. The van der Waals surface area contributed by atoms with E-state index < -0.39 is 5.97 Å². The van der Waals surface area contributed by atoms with Gasteiger partial charge in [-0.25, -0.2) is 4.79 Å². The Morgan fingerprint density at radius 1 is 0.868 bits per heavy atom. The van der Waals surface area contributed by atoms with E-state index in [1.54, 1.807) is 19.1 Å². The predicted octanol–water partition coefficient (Wildman–Crippen LogP) is 7.02. The summed E-state index contributed by atoms with van der Waals surface area (Å²) in [4.78, 5) is 11.4. The number of carbonyl (C=O) groups excluding carboxylic acids is 1. The highest BCUT2D eigenvalue weighted by molar-refractivity contribution is 5.71. The van der Waals surface area contributed by atoms with Crippen molar-refractivity contribution in [1.29, 1.82) is 5.26 Å². The fourth-order valence-electron chi connectivity index (χ4n) is 4.05. The Balaban J connectivity index is 1.39. The molecule has 1 atom stereocenters. The summed E-state index contributed by atoms with van der Waals surface area (Å²) >= 11 is 0. The van der Waals surface area contributed by atoms with Gasteiger partial charge in [0, 0.05) is 6.07 Å². The molecule has 0 bridgehead atoms. The lowest BCUT2D eigenvalue weighted by Gasteiger charge is -2.14. The molecule has 1 unspecified atom stereocenters. The van der Waals surface area contributed by atoms with Crippen molar-refractivity contribution in [3.63, 3.8) is 0 Å². The van der Waals surface area contributed by atoms with Gasteiger partial charge in [0.25, 0.3) is 0 Å². The van der Waals surface area contributed by atoms with Crippen LogP contribution >= 0.6 is 0 Å². The minimum absolute atomic E-state index is 0.123. The molecule has 0 heterocycles. The number of aryl methyl sites for hydroxylation is 1. The quantitative estimate of drug-likeness (QED) is 0.151. The van der Waals surface area contributed by atoms with E-state index in [4.69, 9.17) is 18.9 Å². The van der Waals surface area contributed by atoms with Gasteiger partial charge < -0.3 is 18.9 Å². The summed E-state index contributed by atoms with van der Waals surface area (Å²) in [5, 5.41) is 9.66. The number of hydrogen-bond acceptors (Lipinski definition) is 6. The molecule has 0 aliphatic rings. The lowest BCUT2D eigenvalue weighted by molar-refractivity contribution is -0.145. The highest BCUT2D eigenvalue weighted by atomic mass is 16.6. The van der Waals surface area contributed by atoms with Crippen LogP contribution in [-0.2, 0) is 22.6 Å². The van der Waals surface area contributed by atoms with Gasteiger partial charge in [-0.2, -0.15) is 5.26 Å². The molecule has 0 saturated carbocycles. The molecule has 3 rings (SSSR count). The molecule has 6 nitrogen and oxygen atoms in total. The number of esters is 1. The van der Waals surface area contributed by atoms with Crippen molar-refractivity contribution in [2.24, 2.45) is 0 Å². The van der Waals surface area contributed by atoms with Crippen LogP contribution in [0.1, 0.15) is 62.1 Å². The number of ether oxygens (including phenoxy) is 4. The zero-order valence-electron chi connectivity index (χ0n) is 22.4. The number of unbranched alkanes of at least 4 members (excludes halogenated alkanes) is 2. The summed E-state index contributed by atoms with van der Waals surface area (Å²) in [6.07, 6.45) is 4.50. The Kier molecular flexibility index (Phi) is 12.0. The number of nitriles is 1. The van der Waals surface area contributed by atoms with E-state index >= 15 is 0 Å². The van der Waals surface area contributed by atoms with Crippen LogP contribution in [0, 0.1) is 11.3 Å². The van der Waals surface area contributed by atoms with Gasteiger partial charge in [0.1, 0.15) is 23.9 Å². The normalized spacial score (nSPS) is 11.3. The first-order valence-electron chi connectivity index (χ1n) is 13.3. The molecule has 0 spiro atoms. The maximum Gasteiger partial charge on any atom is 0.344 e. The van der Waals surface area contributed by atoms with Gasteiger partial charge in [-0.1, -0.05) is 68.3 Å². The van der Waals surface area contributed by atoms with Crippen LogP contribution in [0.25, 0.3) is 0 Å². The number of hydrogen-bond donors (Lipinski definition) is 0. The van der Waals surface area contributed by atoms with Crippen LogP contribution < -0.4 is 14.2 Å². The van der Waals surface area contributed by atoms with Crippen molar-refractivity contribution in [3.8, 4) is 23.3 Å². The molecule has 200 valence electrons. The fourth-order valence-corrected chi connectivity index (χ4v) is 4.05. The average Bonchev–Trinajstić information content (AvgIpc) is 2.96. The standard InChI is InChI=1S/C32H37NO5/c1-3-26-14-19-30(37-23-25-11-7-5-8-12-25)21-31(26)36-20-10-6-9-13-28(22-33)27-15-17-29(18-16-27)38-24-32(34)35-4-2/h5,7-8,11-12,14-19,21,28H,3-4,6,9-10,13,20,23-24H2,1-2H3. The minimum Gasteiger partial charge on any atom is -0.493 e. The zero-order valence-corrected chi connectivity index (χ0v) is 22.4. The Morgan fingerprint density at radius 3 is 2.34 bits per heavy atom. The summed E-state index contributed by atoms with van der Waals surface area (Å²) < 4.78 is 22.4. The third-order valence-corrected chi connectivity index (χ3v) is 6.16. The number of rotatable bonds is 16. The average molecular weight is 516 g/mol. The molecular weight excluding hydrogens is 478 g/mol. The minimum atomic E-state index is -0.398. The molecule has 0 fully saturated rings. The van der Waals surface area contributed by atoms with Crippen molar-refractivity contribution >= 4 is 5.97 Å². The fraction of sp³-hybridized carbons (Fsp3) is 0.375. The predicted molar refractivity (Wildman–Crippen MR) is 147 cm³/mol. The van der Waals surface area contributed by atoms with Crippen molar-refractivity contribution in [2.75, 3.05) is 19.8 Å². The summed E-state index contributed by atoms with van der Waals surface area (Å²) in [6.45, 7) is 5.23. The van der Waals surface area contributed by atoms with E-state index in [1.807, 2.05) is 54.6 Å². The molecule has 0 aliphatic heterocycles. The summed E-state index contributed by atoms with van der Waals surface area (Å²) in [6, 6.07) is 25.9. The van der Waals surface area contributed by atoms with Crippen LogP contribution in [0.2, 0.25) is 0 Å². The first-order chi connectivity index (χ1) is 18.6. The summed E-state index contributed by atoms with van der Waals surface area (Å²) in [7, 11) is 0. The maximum absolute atomic E-state index is 11.4. The van der Waals surface area contributed by atoms with Crippen LogP contribution in [0.3, 0.4) is 0 Å². The zero-order chi connectivity index (χ0) is 27.0. The highest BCUT2D eigenvalue weighted by Crippen LogP contribution is 2.27. The molecule has 0 saturated heterocycles. The van der Waals surface area contributed by atoms with E-state index in [0.29, 0.717) is 25.6 Å². The van der Waals surface area contributed by atoms with E-state index in [2.05, 4.69) is 19.1 Å². The molecule has 0 radical (unpaired) electrons. The Labute approximate surface area is 226 Å². The molecule has 0 aromatic heterocycles. The largest absolute Gasteiger partial charge is 0.493 e. The topological polar surface area (TPSA) is 77.8 Å². The van der Waals surface area contributed by atoms with Gasteiger partial charge in [-0.05, 0) is 61.1 Å². The lowest BCUT2D eigenvalue weighted by Crippen LogP contribution is -2.14. The first kappa shape index (κ1) is 28.6. The van der Waals surface area contributed by atoms with Gasteiger partial charge in [-0.15, -0.1) is 0 Å². The van der Waals surface area contributed by atoms with E-state index in [0.717, 1.165) is 60.3 Å². The van der Waals surface area contributed by atoms with Crippen LogP contribution in [0.5, 0.6) is 17.2 Å². The highest BCUT2D eigenvalue weighted by Gasteiger charge is 2.11. The monoisotopic (exact) mass is 515 g/mol. The SMILES string of the molecule is CCOC(=O)COc1ccc(C(C#N)CCCCCOc2cc(OCc3ccccc3)ccc2CC)cc1. The second-order valence-corrected chi connectivity index (χ2v) is 8.94. The Bertz CT molecular complexity index is 1150. The third-order valence-electron chi connectivity index (χ3n) is 6.16. The number of benzene rings is 3. The number of carbonyl (C=O) groups is 1. The second-order valence-electron chi connectivity index (χ2n) is 8.94. The van der Waals surface area contributed by atoms with E-state index in [1.165, 1.54) is 0 Å². The molecular formula is C32H37NO5. The molecule has 0 amide bonds. The Hall–Kier alpha value is -3.98.